The van der Waals surface area contributed by atoms with Crippen LogP contribution in [0.25, 0.3) is 5.65 Å². The average molecular weight is 300 g/mol. The molecule has 0 aliphatic carbocycles. The lowest BCUT2D eigenvalue weighted by molar-refractivity contribution is 0.0953. The van der Waals surface area contributed by atoms with E-state index in [9.17, 15) is 4.79 Å². The van der Waals surface area contributed by atoms with Gasteiger partial charge < -0.3 is 9.72 Å². The van der Waals surface area contributed by atoms with Crippen molar-refractivity contribution in [2.24, 2.45) is 0 Å². The summed E-state index contributed by atoms with van der Waals surface area (Å²) in [4.78, 5) is 16.2. The summed E-state index contributed by atoms with van der Waals surface area (Å²) in [6.45, 7) is 0.571. The van der Waals surface area contributed by atoms with Crippen LogP contribution in [0.2, 0.25) is 5.02 Å². The first-order valence-electron chi connectivity index (χ1n) is 6.68. The Morgan fingerprint density at radius 3 is 3.05 bits per heavy atom. The zero-order valence-electron chi connectivity index (χ0n) is 11.3. The van der Waals surface area contributed by atoms with E-state index >= 15 is 0 Å². The molecule has 0 radical (unpaired) electrons. The van der Waals surface area contributed by atoms with E-state index in [2.05, 4.69) is 10.3 Å². The normalized spacial score (nSPS) is 10.7. The summed E-state index contributed by atoms with van der Waals surface area (Å²) in [5.74, 6) is -0.0902. The minimum absolute atomic E-state index is 0.0902. The second-order valence-corrected chi connectivity index (χ2v) is 5.18. The lowest BCUT2D eigenvalue weighted by Gasteiger charge is -2.06. The maximum atomic E-state index is 12.1. The number of rotatable bonds is 4. The third kappa shape index (κ3) is 3.23. The quantitative estimate of drug-likeness (QED) is 0.805. The largest absolute Gasteiger partial charge is 0.352 e. The highest BCUT2D eigenvalue weighted by atomic mass is 35.5. The van der Waals surface area contributed by atoms with E-state index in [0.717, 1.165) is 17.6 Å². The number of aromatic nitrogens is 2. The molecule has 0 spiro atoms. The summed E-state index contributed by atoms with van der Waals surface area (Å²) in [6.07, 6.45) is 6.05. The predicted octanol–water partition coefficient (Wildman–Crippen LogP) is 2.96. The Kier molecular flexibility index (Phi) is 3.88. The first-order valence-corrected chi connectivity index (χ1v) is 7.05. The molecular weight excluding hydrogens is 286 g/mol. The van der Waals surface area contributed by atoms with Crippen molar-refractivity contribution in [3.05, 3.63) is 71.1 Å². The Labute approximate surface area is 127 Å². The van der Waals surface area contributed by atoms with Crippen molar-refractivity contribution < 1.29 is 4.79 Å². The highest BCUT2D eigenvalue weighted by Crippen LogP contribution is 2.11. The predicted molar refractivity (Wildman–Crippen MR) is 82.7 cm³/mol. The summed E-state index contributed by atoms with van der Waals surface area (Å²) in [6, 6.07) is 11.3. The van der Waals surface area contributed by atoms with E-state index < -0.39 is 0 Å². The fourth-order valence-electron chi connectivity index (χ4n) is 2.17. The van der Waals surface area contributed by atoms with Crippen LogP contribution in [0, 0.1) is 0 Å². The van der Waals surface area contributed by atoms with E-state index in [4.69, 9.17) is 11.6 Å². The van der Waals surface area contributed by atoms with E-state index in [0.29, 0.717) is 17.1 Å². The fraction of sp³-hybridized carbons (Fsp3) is 0.125. The van der Waals surface area contributed by atoms with Crippen LogP contribution in [-0.4, -0.2) is 21.8 Å². The highest BCUT2D eigenvalue weighted by molar-refractivity contribution is 6.30. The number of fused-ring (bicyclic) bond motifs is 1. The van der Waals surface area contributed by atoms with Crippen LogP contribution in [-0.2, 0) is 6.42 Å². The van der Waals surface area contributed by atoms with Crippen LogP contribution < -0.4 is 5.32 Å². The van der Waals surface area contributed by atoms with Gasteiger partial charge in [0.2, 0.25) is 0 Å². The maximum absolute atomic E-state index is 12.1. The number of hydrogen-bond donors (Lipinski definition) is 1. The molecule has 0 aliphatic heterocycles. The number of carbonyl (C=O) groups excluding carboxylic acids is 1. The number of nitrogens with zero attached hydrogens (tertiary/aromatic N) is 2. The van der Waals surface area contributed by atoms with Gasteiger partial charge in [-0.3, -0.25) is 4.79 Å². The summed E-state index contributed by atoms with van der Waals surface area (Å²) >= 11 is 5.93. The molecule has 4 nitrogen and oxygen atoms in total. The number of nitrogens with one attached hydrogen (secondary N) is 1. The van der Waals surface area contributed by atoms with Crippen LogP contribution in [0.3, 0.4) is 0 Å². The van der Waals surface area contributed by atoms with Crippen LogP contribution >= 0.6 is 11.6 Å². The third-order valence-electron chi connectivity index (χ3n) is 3.24. The van der Waals surface area contributed by atoms with Crippen molar-refractivity contribution >= 4 is 23.2 Å². The number of amides is 1. The van der Waals surface area contributed by atoms with Gasteiger partial charge in [0.05, 0.1) is 5.56 Å². The number of hydrogen-bond acceptors (Lipinski definition) is 2. The summed E-state index contributed by atoms with van der Waals surface area (Å²) in [7, 11) is 0. The van der Waals surface area contributed by atoms with Crippen molar-refractivity contribution in [3.8, 4) is 0 Å². The number of pyridine rings is 1. The van der Waals surface area contributed by atoms with Crippen LogP contribution in [0.5, 0.6) is 0 Å². The van der Waals surface area contributed by atoms with Gasteiger partial charge in [0, 0.05) is 30.2 Å². The third-order valence-corrected chi connectivity index (χ3v) is 3.47. The Bertz CT molecular complexity index is 782. The Hall–Kier alpha value is -2.33. The molecule has 0 unspecified atom stereocenters. The zero-order chi connectivity index (χ0) is 14.7. The van der Waals surface area contributed by atoms with Crippen LogP contribution in [0.4, 0.5) is 0 Å². The second-order valence-electron chi connectivity index (χ2n) is 4.75. The smallest absolute Gasteiger partial charge is 0.252 e. The standard InChI is InChI=1S/C16H14ClN3O/c17-14-3-1-2-12(10-14)6-7-19-16(21)13-4-5-15-18-8-9-20(15)11-13/h1-5,8-11H,6-7H2,(H,19,21). The fourth-order valence-corrected chi connectivity index (χ4v) is 2.38. The zero-order valence-corrected chi connectivity index (χ0v) is 12.0. The van der Waals surface area contributed by atoms with Gasteiger partial charge in [0.15, 0.2) is 0 Å². The molecule has 1 aromatic carbocycles. The van der Waals surface area contributed by atoms with E-state index in [1.807, 2.05) is 40.9 Å². The van der Waals surface area contributed by atoms with Gasteiger partial charge >= 0.3 is 0 Å². The molecule has 106 valence electrons. The summed E-state index contributed by atoms with van der Waals surface area (Å²) in [5.41, 5.74) is 2.55. The highest BCUT2D eigenvalue weighted by Gasteiger charge is 2.06. The number of imidazole rings is 1. The van der Waals surface area contributed by atoms with Gasteiger partial charge in [0.1, 0.15) is 5.65 Å². The molecule has 0 atom stereocenters. The molecular formula is C16H14ClN3O. The number of halogens is 1. The van der Waals surface area contributed by atoms with Gasteiger partial charge in [-0.1, -0.05) is 23.7 Å². The van der Waals surface area contributed by atoms with E-state index in [1.54, 1.807) is 18.5 Å². The van der Waals surface area contributed by atoms with Crippen LogP contribution in [0.1, 0.15) is 15.9 Å². The Morgan fingerprint density at radius 1 is 1.29 bits per heavy atom. The molecule has 1 amide bonds. The van der Waals surface area contributed by atoms with Crippen LogP contribution in [0.15, 0.2) is 55.0 Å². The molecule has 2 heterocycles. The van der Waals surface area contributed by atoms with Gasteiger partial charge in [-0.2, -0.15) is 0 Å². The molecule has 1 N–H and O–H groups in total. The Balaban J connectivity index is 1.61. The molecule has 3 aromatic rings. The van der Waals surface area contributed by atoms with Crippen molar-refractivity contribution in [1.82, 2.24) is 14.7 Å². The van der Waals surface area contributed by atoms with Crippen molar-refractivity contribution in [2.45, 2.75) is 6.42 Å². The second kappa shape index (κ2) is 5.97. The first kappa shape index (κ1) is 13.6. The minimum Gasteiger partial charge on any atom is -0.352 e. The van der Waals surface area contributed by atoms with Crippen molar-refractivity contribution in [1.29, 1.82) is 0 Å². The van der Waals surface area contributed by atoms with Crippen molar-refractivity contribution in [3.63, 3.8) is 0 Å². The molecule has 21 heavy (non-hydrogen) atoms. The number of carbonyl (C=O) groups is 1. The molecule has 0 saturated carbocycles. The minimum atomic E-state index is -0.0902. The molecule has 5 heteroatoms. The van der Waals surface area contributed by atoms with Gasteiger partial charge in [0.25, 0.3) is 5.91 Å². The summed E-state index contributed by atoms with van der Waals surface area (Å²) in [5, 5.41) is 3.62. The summed E-state index contributed by atoms with van der Waals surface area (Å²) < 4.78 is 1.83. The number of benzene rings is 1. The SMILES string of the molecule is O=C(NCCc1cccc(Cl)c1)c1ccc2nccn2c1. The van der Waals surface area contributed by atoms with Gasteiger partial charge in [-0.15, -0.1) is 0 Å². The molecule has 0 saturated heterocycles. The van der Waals surface area contributed by atoms with Gasteiger partial charge in [-0.05, 0) is 36.2 Å². The van der Waals surface area contributed by atoms with E-state index in [1.165, 1.54) is 0 Å². The monoisotopic (exact) mass is 299 g/mol. The lowest BCUT2D eigenvalue weighted by Crippen LogP contribution is -2.25. The first-order chi connectivity index (χ1) is 10.2. The molecule has 3 rings (SSSR count). The van der Waals surface area contributed by atoms with E-state index in [-0.39, 0.29) is 5.91 Å². The molecule has 0 bridgehead atoms. The topological polar surface area (TPSA) is 46.4 Å². The maximum Gasteiger partial charge on any atom is 0.252 e. The lowest BCUT2D eigenvalue weighted by atomic mass is 10.1. The van der Waals surface area contributed by atoms with Gasteiger partial charge in [-0.25, -0.2) is 4.98 Å². The average Bonchev–Trinajstić information content (AvgIpc) is 2.94. The molecule has 0 fully saturated rings. The molecule has 0 aliphatic rings. The molecule has 2 aromatic heterocycles. The van der Waals surface area contributed by atoms with Crippen molar-refractivity contribution in [2.75, 3.05) is 6.54 Å². The Morgan fingerprint density at radius 2 is 2.19 bits per heavy atom.